The minimum atomic E-state index is 0. The molecule has 0 aliphatic carbocycles. The van der Waals surface area contributed by atoms with Gasteiger partial charge < -0.3 is 15.4 Å². The Morgan fingerprint density at radius 2 is 1.87 bits per heavy atom. The first kappa shape index (κ1) is 21.8. The number of nitrogens with zero attached hydrogens (tertiary/aromatic N) is 4. The minimum Gasteiger partial charge on any atom is -0.497 e. The Morgan fingerprint density at radius 3 is 2.70 bits per heavy atom. The number of guanidine groups is 1. The maximum absolute atomic E-state index is 5.29. The second-order valence-corrected chi connectivity index (χ2v) is 6.64. The van der Waals surface area contributed by atoms with Crippen molar-refractivity contribution in [2.24, 2.45) is 4.99 Å². The number of ether oxygens (including phenoxy) is 1. The molecular weight excluding hydrogens is 491 g/mol. The van der Waals surface area contributed by atoms with Crippen LogP contribution in [0.25, 0.3) is 16.4 Å². The quantitative estimate of drug-likeness (QED) is 0.232. The van der Waals surface area contributed by atoms with Crippen molar-refractivity contribution in [2.75, 3.05) is 13.7 Å². The number of benzene rings is 2. The molecule has 7 nitrogen and oxygen atoms in total. The summed E-state index contributed by atoms with van der Waals surface area (Å²) in [4.78, 5) is 4.72. The molecule has 0 atom stereocenters. The van der Waals surface area contributed by atoms with Crippen molar-refractivity contribution >= 4 is 46.4 Å². The van der Waals surface area contributed by atoms with Crippen LogP contribution >= 0.6 is 24.0 Å². The molecule has 8 heteroatoms. The Bertz CT molecular complexity index is 1160. The third kappa shape index (κ3) is 4.99. The van der Waals surface area contributed by atoms with Gasteiger partial charge in [-0.3, -0.25) is 4.40 Å². The molecule has 2 aromatic heterocycles. The lowest BCUT2D eigenvalue weighted by Gasteiger charge is -2.11. The average Bonchev–Trinajstić information content (AvgIpc) is 3.18. The molecule has 30 heavy (non-hydrogen) atoms. The number of pyridine rings is 1. The van der Waals surface area contributed by atoms with Gasteiger partial charge in [0, 0.05) is 12.7 Å². The lowest BCUT2D eigenvalue weighted by Crippen LogP contribution is -2.37. The molecule has 156 valence electrons. The number of hydrogen-bond donors (Lipinski definition) is 2. The highest BCUT2D eigenvalue weighted by molar-refractivity contribution is 14.0. The second kappa shape index (κ2) is 10.2. The van der Waals surface area contributed by atoms with Gasteiger partial charge in [0.2, 0.25) is 0 Å². The third-order valence-electron chi connectivity index (χ3n) is 4.67. The molecule has 4 aromatic rings. The summed E-state index contributed by atoms with van der Waals surface area (Å²) < 4.78 is 7.26. The smallest absolute Gasteiger partial charge is 0.191 e. The number of aromatic nitrogens is 3. The van der Waals surface area contributed by atoms with Crippen LogP contribution in [-0.2, 0) is 13.1 Å². The minimum absolute atomic E-state index is 0. The number of nitrogens with one attached hydrogen (secondary N) is 2. The molecular formula is C22H25IN6O. The van der Waals surface area contributed by atoms with Crippen LogP contribution in [0.15, 0.2) is 65.8 Å². The summed E-state index contributed by atoms with van der Waals surface area (Å²) in [6.45, 7) is 3.95. The van der Waals surface area contributed by atoms with Gasteiger partial charge in [-0.15, -0.1) is 34.2 Å². The topological polar surface area (TPSA) is 75.8 Å². The van der Waals surface area contributed by atoms with Gasteiger partial charge in [-0.1, -0.05) is 24.3 Å². The van der Waals surface area contributed by atoms with Gasteiger partial charge in [0.15, 0.2) is 17.4 Å². The van der Waals surface area contributed by atoms with Crippen molar-refractivity contribution in [3.63, 3.8) is 0 Å². The lowest BCUT2D eigenvalue weighted by atomic mass is 10.1. The summed E-state index contributed by atoms with van der Waals surface area (Å²) in [5.41, 5.74) is 1.98. The number of hydrogen-bond acceptors (Lipinski definition) is 4. The Morgan fingerprint density at radius 1 is 1.03 bits per heavy atom. The number of rotatable bonds is 6. The third-order valence-corrected chi connectivity index (χ3v) is 4.67. The van der Waals surface area contributed by atoms with E-state index in [1.165, 1.54) is 5.39 Å². The molecule has 0 saturated carbocycles. The predicted molar refractivity (Wildman–Crippen MR) is 131 cm³/mol. The van der Waals surface area contributed by atoms with E-state index in [0.717, 1.165) is 40.7 Å². The van der Waals surface area contributed by atoms with E-state index in [2.05, 4.69) is 45.1 Å². The fraction of sp³-hybridized carbons (Fsp3) is 0.227. The van der Waals surface area contributed by atoms with Gasteiger partial charge in [0.1, 0.15) is 5.75 Å². The summed E-state index contributed by atoms with van der Waals surface area (Å²) >= 11 is 0. The van der Waals surface area contributed by atoms with Crippen molar-refractivity contribution in [1.82, 2.24) is 25.2 Å². The summed E-state index contributed by atoms with van der Waals surface area (Å²) in [6, 6.07) is 18.3. The maximum atomic E-state index is 5.29. The largest absolute Gasteiger partial charge is 0.497 e. The van der Waals surface area contributed by atoms with Crippen LogP contribution in [0.5, 0.6) is 5.75 Å². The fourth-order valence-electron chi connectivity index (χ4n) is 3.18. The van der Waals surface area contributed by atoms with Crippen molar-refractivity contribution in [3.05, 3.63) is 72.2 Å². The first-order valence-corrected chi connectivity index (χ1v) is 9.64. The van der Waals surface area contributed by atoms with E-state index in [-0.39, 0.29) is 24.0 Å². The van der Waals surface area contributed by atoms with Crippen LogP contribution in [-0.4, -0.2) is 34.2 Å². The first-order valence-electron chi connectivity index (χ1n) is 9.64. The van der Waals surface area contributed by atoms with E-state index in [4.69, 9.17) is 9.73 Å². The number of halogens is 1. The molecule has 0 amide bonds. The molecule has 2 N–H and O–H groups in total. The van der Waals surface area contributed by atoms with Crippen LogP contribution in [0.2, 0.25) is 0 Å². The van der Waals surface area contributed by atoms with Gasteiger partial charge in [0.05, 0.1) is 20.2 Å². The van der Waals surface area contributed by atoms with Crippen molar-refractivity contribution < 1.29 is 4.74 Å². The van der Waals surface area contributed by atoms with Gasteiger partial charge in [-0.2, -0.15) is 0 Å². The number of aliphatic imine (C=N–C) groups is 1. The van der Waals surface area contributed by atoms with E-state index < -0.39 is 0 Å². The summed E-state index contributed by atoms with van der Waals surface area (Å²) in [6.07, 6.45) is 1.96. The molecule has 0 radical (unpaired) electrons. The van der Waals surface area contributed by atoms with E-state index >= 15 is 0 Å². The van der Waals surface area contributed by atoms with E-state index in [1.807, 2.05) is 47.9 Å². The van der Waals surface area contributed by atoms with E-state index in [9.17, 15) is 0 Å². The van der Waals surface area contributed by atoms with Crippen LogP contribution < -0.4 is 15.4 Å². The fourth-order valence-corrected chi connectivity index (χ4v) is 3.18. The zero-order valence-corrected chi connectivity index (χ0v) is 19.3. The molecule has 4 rings (SSSR count). The van der Waals surface area contributed by atoms with Crippen molar-refractivity contribution in [1.29, 1.82) is 0 Å². The Hall–Kier alpha value is -2.88. The molecule has 0 aliphatic heterocycles. The normalized spacial score (nSPS) is 11.3. The van der Waals surface area contributed by atoms with Crippen molar-refractivity contribution in [3.8, 4) is 5.75 Å². The predicted octanol–water partition coefficient (Wildman–Crippen LogP) is 3.76. The number of fused-ring (bicyclic) bond motifs is 2. The van der Waals surface area contributed by atoms with Gasteiger partial charge in [-0.25, -0.2) is 4.99 Å². The molecule has 2 heterocycles. The maximum Gasteiger partial charge on any atom is 0.191 e. The molecule has 0 spiro atoms. The molecule has 0 unspecified atom stereocenters. The van der Waals surface area contributed by atoms with E-state index in [1.54, 1.807) is 7.11 Å². The Balaban J connectivity index is 0.00000256. The SMILES string of the molecule is CCNC(=NCc1ccc2cc(OC)ccc2c1)NCc1nnc2ccccn12.I. The monoisotopic (exact) mass is 516 g/mol. The molecule has 0 bridgehead atoms. The molecule has 0 saturated heterocycles. The second-order valence-electron chi connectivity index (χ2n) is 6.64. The highest BCUT2D eigenvalue weighted by atomic mass is 127. The van der Waals surface area contributed by atoms with Crippen LogP contribution in [0, 0.1) is 0 Å². The van der Waals surface area contributed by atoms with Crippen LogP contribution in [0.1, 0.15) is 18.3 Å². The average molecular weight is 516 g/mol. The standard InChI is InChI=1S/C22H24N6O.HI/c1-3-23-22(25-15-21-27-26-20-6-4-5-11-28(20)21)24-14-16-7-8-18-13-19(29-2)10-9-17(18)12-16;/h4-13H,3,14-15H2,1-2H3,(H2,23,24,25);1H. The summed E-state index contributed by atoms with van der Waals surface area (Å²) in [5, 5.41) is 17.4. The van der Waals surface area contributed by atoms with Crippen LogP contribution in [0.4, 0.5) is 0 Å². The highest BCUT2D eigenvalue weighted by Gasteiger charge is 2.06. The van der Waals surface area contributed by atoms with Gasteiger partial charge in [-0.05, 0) is 53.6 Å². The summed E-state index contributed by atoms with van der Waals surface area (Å²) in [7, 11) is 1.68. The Labute approximate surface area is 192 Å². The summed E-state index contributed by atoms with van der Waals surface area (Å²) in [5.74, 6) is 2.45. The molecule has 0 aliphatic rings. The molecule has 2 aromatic carbocycles. The zero-order chi connectivity index (χ0) is 20.1. The van der Waals surface area contributed by atoms with Crippen molar-refractivity contribution in [2.45, 2.75) is 20.0 Å². The van der Waals surface area contributed by atoms with Gasteiger partial charge >= 0.3 is 0 Å². The van der Waals surface area contributed by atoms with E-state index in [0.29, 0.717) is 13.1 Å². The molecule has 0 fully saturated rings. The highest BCUT2D eigenvalue weighted by Crippen LogP contribution is 2.22. The Kier molecular flexibility index (Phi) is 7.45. The van der Waals surface area contributed by atoms with Gasteiger partial charge in [0.25, 0.3) is 0 Å². The first-order chi connectivity index (χ1) is 14.3. The number of methoxy groups -OCH3 is 1. The van der Waals surface area contributed by atoms with Crippen LogP contribution in [0.3, 0.4) is 0 Å². The zero-order valence-electron chi connectivity index (χ0n) is 17.0. The lowest BCUT2D eigenvalue weighted by molar-refractivity contribution is 0.415.